The summed E-state index contributed by atoms with van der Waals surface area (Å²) in [6.07, 6.45) is 0. The molecule has 1 aliphatic rings. The first-order valence-corrected chi connectivity index (χ1v) is 9.85. The Balaban J connectivity index is 2.00. The van der Waals surface area contributed by atoms with E-state index < -0.39 is 6.04 Å². The number of nitrogens with zero attached hydrogens (tertiary/aromatic N) is 1. The molecule has 1 aliphatic heterocycles. The van der Waals surface area contributed by atoms with Crippen LogP contribution in [-0.2, 0) is 4.74 Å². The van der Waals surface area contributed by atoms with Gasteiger partial charge in [-0.3, -0.25) is 9.59 Å². The summed E-state index contributed by atoms with van der Waals surface area (Å²) in [7, 11) is 1.59. The molecule has 6 heteroatoms. The lowest BCUT2D eigenvalue weighted by atomic mass is 9.97. The fraction of sp³-hybridized carbons (Fsp3) is 0.273. The maximum absolute atomic E-state index is 13.4. The third-order valence-corrected chi connectivity index (χ3v) is 5.78. The van der Waals surface area contributed by atoms with Crippen molar-refractivity contribution in [2.45, 2.75) is 19.9 Å². The summed E-state index contributed by atoms with van der Waals surface area (Å²) in [6.45, 7) is 4.66. The predicted molar refractivity (Wildman–Crippen MR) is 111 cm³/mol. The maximum atomic E-state index is 13.4. The number of rotatable bonds is 4. The van der Waals surface area contributed by atoms with Crippen LogP contribution in [0.5, 0.6) is 0 Å². The molecule has 1 atom stereocenters. The number of amides is 1. The third-order valence-electron chi connectivity index (χ3n) is 5.28. The summed E-state index contributed by atoms with van der Waals surface area (Å²) in [6, 6.07) is 10.8. The monoisotopic (exact) mass is 441 g/mol. The lowest BCUT2D eigenvalue weighted by Gasteiger charge is -2.24. The fourth-order valence-corrected chi connectivity index (χ4v) is 4.14. The zero-order chi connectivity index (χ0) is 20.0. The van der Waals surface area contributed by atoms with Gasteiger partial charge in [-0.15, -0.1) is 0 Å². The van der Waals surface area contributed by atoms with Crippen LogP contribution >= 0.6 is 15.9 Å². The number of halogens is 1. The zero-order valence-electron chi connectivity index (χ0n) is 15.9. The largest absolute Gasteiger partial charge is 0.450 e. The molecular weight excluding hydrogens is 422 g/mol. The first kappa shape index (κ1) is 18.9. The van der Waals surface area contributed by atoms with E-state index in [1.54, 1.807) is 12.0 Å². The van der Waals surface area contributed by atoms with Gasteiger partial charge in [0.15, 0.2) is 5.43 Å². The van der Waals surface area contributed by atoms with Crippen LogP contribution < -0.4 is 5.43 Å². The topological polar surface area (TPSA) is 59.8 Å². The number of hydrogen-bond acceptors (Lipinski definition) is 4. The van der Waals surface area contributed by atoms with E-state index in [1.165, 1.54) is 0 Å². The number of carbonyl (C=O) groups excluding carboxylic acids is 1. The highest BCUT2D eigenvalue weighted by Gasteiger charge is 2.42. The highest BCUT2D eigenvalue weighted by molar-refractivity contribution is 9.10. The Morgan fingerprint density at radius 2 is 1.89 bits per heavy atom. The van der Waals surface area contributed by atoms with Crippen molar-refractivity contribution in [2.75, 3.05) is 20.3 Å². The molecule has 2 aromatic carbocycles. The molecule has 0 fully saturated rings. The van der Waals surface area contributed by atoms with E-state index in [1.807, 2.05) is 50.2 Å². The van der Waals surface area contributed by atoms with Crippen molar-refractivity contribution >= 4 is 32.8 Å². The first-order valence-electron chi connectivity index (χ1n) is 9.05. The number of fused-ring (bicyclic) bond motifs is 2. The number of benzene rings is 2. The number of ether oxygens (including phenoxy) is 1. The van der Waals surface area contributed by atoms with E-state index in [4.69, 9.17) is 9.15 Å². The highest BCUT2D eigenvalue weighted by atomic mass is 79.9. The van der Waals surface area contributed by atoms with Crippen LogP contribution in [0.25, 0.3) is 11.0 Å². The second-order valence-corrected chi connectivity index (χ2v) is 7.97. The van der Waals surface area contributed by atoms with E-state index in [9.17, 15) is 9.59 Å². The standard InChI is InChI=1S/C22H20BrNO4/c1-12-9-16-17(10-13(12)2)28-21-18(20(16)25)19(14-5-4-6-15(23)11-14)24(22(21)26)7-8-27-3/h4-6,9-11,19H,7-8H2,1-3H3. The van der Waals surface area contributed by atoms with Crippen LogP contribution in [0.4, 0.5) is 0 Å². The Morgan fingerprint density at radius 1 is 1.14 bits per heavy atom. The van der Waals surface area contributed by atoms with Gasteiger partial charge in [0.25, 0.3) is 5.91 Å². The Hall–Kier alpha value is -2.44. The van der Waals surface area contributed by atoms with Crippen molar-refractivity contribution in [3.8, 4) is 0 Å². The molecule has 5 nitrogen and oxygen atoms in total. The molecule has 0 saturated carbocycles. The summed E-state index contributed by atoms with van der Waals surface area (Å²) in [5.74, 6) is -0.156. The average Bonchev–Trinajstić information content (AvgIpc) is 2.94. The first-order chi connectivity index (χ1) is 13.4. The lowest BCUT2D eigenvalue weighted by molar-refractivity contribution is 0.0663. The second-order valence-electron chi connectivity index (χ2n) is 7.06. The van der Waals surface area contributed by atoms with Crippen LogP contribution in [0.15, 0.2) is 50.1 Å². The van der Waals surface area contributed by atoms with Crippen molar-refractivity contribution in [2.24, 2.45) is 0 Å². The van der Waals surface area contributed by atoms with Gasteiger partial charge in [0, 0.05) is 18.1 Å². The Bertz CT molecular complexity index is 1150. The average molecular weight is 442 g/mol. The molecule has 144 valence electrons. The molecule has 2 heterocycles. The summed E-state index contributed by atoms with van der Waals surface area (Å²) < 4.78 is 12.1. The van der Waals surface area contributed by atoms with E-state index in [-0.39, 0.29) is 17.1 Å². The van der Waals surface area contributed by atoms with Crippen molar-refractivity contribution < 1.29 is 13.9 Å². The summed E-state index contributed by atoms with van der Waals surface area (Å²) in [5.41, 5.74) is 3.57. The van der Waals surface area contributed by atoms with E-state index in [0.29, 0.717) is 29.7 Å². The van der Waals surface area contributed by atoms with Crippen molar-refractivity contribution in [3.05, 3.63) is 79.1 Å². The molecule has 1 amide bonds. The number of methoxy groups -OCH3 is 1. The fourth-order valence-electron chi connectivity index (χ4n) is 3.72. The highest BCUT2D eigenvalue weighted by Crippen LogP contribution is 2.38. The molecule has 28 heavy (non-hydrogen) atoms. The Morgan fingerprint density at radius 3 is 2.61 bits per heavy atom. The Kier molecular flexibility index (Phi) is 4.85. The van der Waals surface area contributed by atoms with Crippen LogP contribution in [0.3, 0.4) is 0 Å². The molecule has 4 rings (SSSR count). The van der Waals surface area contributed by atoms with Gasteiger partial charge >= 0.3 is 0 Å². The molecule has 0 spiro atoms. The third kappa shape index (κ3) is 2.97. The SMILES string of the molecule is COCCN1C(=O)c2oc3cc(C)c(C)cc3c(=O)c2C1c1cccc(Br)c1. The van der Waals surface area contributed by atoms with Gasteiger partial charge in [0.05, 0.1) is 23.6 Å². The number of aryl methyl sites for hydroxylation is 2. The van der Waals surface area contributed by atoms with Crippen molar-refractivity contribution in [3.63, 3.8) is 0 Å². The molecular formula is C22H20BrNO4. The predicted octanol–water partition coefficient (Wildman–Crippen LogP) is 4.36. The molecule has 1 unspecified atom stereocenters. The molecule has 0 radical (unpaired) electrons. The van der Waals surface area contributed by atoms with Gasteiger partial charge in [-0.05, 0) is 54.8 Å². The minimum atomic E-state index is -0.502. The summed E-state index contributed by atoms with van der Waals surface area (Å²) >= 11 is 3.48. The van der Waals surface area contributed by atoms with Crippen LogP contribution in [-0.4, -0.2) is 31.1 Å². The van der Waals surface area contributed by atoms with Crippen LogP contribution in [0.2, 0.25) is 0 Å². The van der Waals surface area contributed by atoms with Gasteiger partial charge in [0.2, 0.25) is 5.76 Å². The smallest absolute Gasteiger partial charge is 0.290 e. The molecule has 0 saturated heterocycles. The van der Waals surface area contributed by atoms with Gasteiger partial charge in [-0.2, -0.15) is 0 Å². The van der Waals surface area contributed by atoms with Gasteiger partial charge in [-0.25, -0.2) is 0 Å². The summed E-state index contributed by atoms with van der Waals surface area (Å²) in [4.78, 5) is 28.2. The van der Waals surface area contributed by atoms with Crippen molar-refractivity contribution in [1.29, 1.82) is 0 Å². The molecule has 1 aromatic heterocycles. The Labute approximate surface area is 171 Å². The maximum Gasteiger partial charge on any atom is 0.290 e. The van der Waals surface area contributed by atoms with Gasteiger partial charge in [-0.1, -0.05) is 28.1 Å². The number of carbonyl (C=O) groups is 1. The minimum absolute atomic E-state index is 0.127. The molecule has 0 aliphatic carbocycles. The van der Waals surface area contributed by atoms with Gasteiger partial charge < -0.3 is 14.1 Å². The lowest BCUT2D eigenvalue weighted by Crippen LogP contribution is -2.32. The number of hydrogen-bond donors (Lipinski definition) is 0. The van der Waals surface area contributed by atoms with Crippen LogP contribution in [0, 0.1) is 13.8 Å². The van der Waals surface area contributed by atoms with E-state index in [2.05, 4.69) is 15.9 Å². The van der Waals surface area contributed by atoms with Crippen LogP contribution in [0.1, 0.15) is 38.9 Å². The molecule has 0 bridgehead atoms. The molecule has 3 aromatic rings. The minimum Gasteiger partial charge on any atom is -0.450 e. The van der Waals surface area contributed by atoms with E-state index >= 15 is 0 Å². The zero-order valence-corrected chi connectivity index (χ0v) is 17.5. The quantitative estimate of drug-likeness (QED) is 0.603. The summed E-state index contributed by atoms with van der Waals surface area (Å²) in [5, 5.41) is 0.503. The van der Waals surface area contributed by atoms with E-state index in [0.717, 1.165) is 21.2 Å². The van der Waals surface area contributed by atoms with Gasteiger partial charge in [0.1, 0.15) is 5.58 Å². The normalized spacial score (nSPS) is 16.1. The molecule has 0 N–H and O–H groups in total. The van der Waals surface area contributed by atoms with Crippen molar-refractivity contribution in [1.82, 2.24) is 4.90 Å². The second kappa shape index (κ2) is 7.18.